The molecule has 0 spiro atoms. The Morgan fingerprint density at radius 3 is 2.38 bits per heavy atom. The van der Waals surface area contributed by atoms with E-state index >= 15 is 0 Å². The molecule has 0 amide bonds. The number of piperidine rings is 1. The number of pyridine rings is 1. The van der Waals surface area contributed by atoms with Gasteiger partial charge in [0.2, 0.25) is 0 Å². The second kappa shape index (κ2) is 6.33. The molecular formula is C18H23F2N3O3. The molecule has 1 aromatic heterocycles. The molecule has 142 valence electrons. The van der Waals surface area contributed by atoms with E-state index in [9.17, 15) is 23.5 Å². The lowest BCUT2D eigenvalue weighted by Gasteiger charge is -2.33. The molecule has 3 fully saturated rings. The van der Waals surface area contributed by atoms with Gasteiger partial charge in [0.05, 0.1) is 11.3 Å². The van der Waals surface area contributed by atoms with Crippen LogP contribution in [0.1, 0.15) is 48.9 Å². The van der Waals surface area contributed by atoms with E-state index in [4.69, 9.17) is 0 Å². The average Bonchev–Trinajstić information content (AvgIpc) is 3.48. The number of aromatic carboxylic acids is 1. The van der Waals surface area contributed by atoms with Gasteiger partial charge in [0, 0.05) is 37.4 Å². The first-order valence-corrected chi connectivity index (χ1v) is 9.20. The third-order valence-electron chi connectivity index (χ3n) is 5.88. The smallest absolute Gasteiger partial charge is 0.339 e. The third-order valence-corrected chi connectivity index (χ3v) is 5.88. The summed E-state index contributed by atoms with van der Waals surface area (Å²) in [4.78, 5) is 26.5. The predicted octanol–water partition coefficient (Wildman–Crippen LogP) is 2.34. The van der Waals surface area contributed by atoms with Crippen LogP contribution in [-0.4, -0.2) is 52.1 Å². The van der Waals surface area contributed by atoms with Gasteiger partial charge in [-0.05, 0) is 38.5 Å². The molecule has 2 heterocycles. The van der Waals surface area contributed by atoms with Crippen molar-refractivity contribution in [2.24, 2.45) is 0 Å². The predicted molar refractivity (Wildman–Crippen MR) is 92.1 cm³/mol. The van der Waals surface area contributed by atoms with Crippen LogP contribution in [-0.2, 0) is 5.54 Å². The van der Waals surface area contributed by atoms with Gasteiger partial charge in [-0.25, -0.2) is 13.6 Å². The van der Waals surface area contributed by atoms with E-state index in [1.165, 1.54) is 18.9 Å². The number of carboxylic acids is 1. The van der Waals surface area contributed by atoms with E-state index in [1.54, 1.807) is 0 Å². The van der Waals surface area contributed by atoms with E-state index < -0.39 is 23.5 Å². The van der Waals surface area contributed by atoms with Gasteiger partial charge in [-0.3, -0.25) is 4.79 Å². The molecule has 0 aromatic carbocycles. The number of aromatic nitrogens is 1. The van der Waals surface area contributed by atoms with Crippen molar-refractivity contribution in [1.29, 1.82) is 0 Å². The molecule has 4 rings (SSSR count). The van der Waals surface area contributed by atoms with Gasteiger partial charge in [-0.15, -0.1) is 0 Å². The van der Waals surface area contributed by atoms with Crippen LogP contribution in [0.2, 0.25) is 0 Å². The van der Waals surface area contributed by atoms with Crippen molar-refractivity contribution in [3.63, 3.8) is 0 Å². The number of rotatable bonds is 6. The fourth-order valence-corrected chi connectivity index (χ4v) is 3.93. The molecule has 0 radical (unpaired) electrons. The van der Waals surface area contributed by atoms with Gasteiger partial charge >= 0.3 is 5.97 Å². The molecule has 2 aliphatic carbocycles. The van der Waals surface area contributed by atoms with Crippen LogP contribution in [0.4, 0.5) is 14.5 Å². The molecule has 0 atom stereocenters. The summed E-state index contributed by atoms with van der Waals surface area (Å²) in [7, 11) is 0. The molecule has 1 aromatic rings. The molecule has 2 saturated carbocycles. The molecule has 8 heteroatoms. The van der Waals surface area contributed by atoms with Gasteiger partial charge in [-0.2, -0.15) is 0 Å². The summed E-state index contributed by atoms with van der Waals surface area (Å²) in [5.74, 6) is -1.22. The average molecular weight is 367 g/mol. The van der Waals surface area contributed by atoms with E-state index in [1.807, 2.05) is 0 Å². The Balaban J connectivity index is 1.55. The summed E-state index contributed by atoms with van der Waals surface area (Å²) in [6.45, 7) is 1.91. The summed E-state index contributed by atoms with van der Waals surface area (Å²) in [5.41, 5.74) is -2.00. The Kier molecular flexibility index (Phi) is 4.25. The quantitative estimate of drug-likeness (QED) is 0.807. The van der Waals surface area contributed by atoms with Crippen molar-refractivity contribution in [3.8, 4) is 0 Å². The number of carbonyl (C=O) groups is 1. The molecule has 1 saturated heterocycles. The third kappa shape index (κ3) is 3.11. The molecule has 2 N–H and O–H groups in total. The van der Waals surface area contributed by atoms with E-state index in [2.05, 4.69) is 10.2 Å². The zero-order valence-electron chi connectivity index (χ0n) is 14.5. The molecule has 0 unspecified atom stereocenters. The second-order valence-electron chi connectivity index (χ2n) is 7.70. The van der Waals surface area contributed by atoms with Crippen LogP contribution < -0.4 is 10.9 Å². The van der Waals surface area contributed by atoms with Gasteiger partial charge in [-0.1, -0.05) is 0 Å². The number of nitrogens with one attached hydrogen (secondary N) is 1. The number of likely N-dealkylation sites (tertiary alicyclic amines) is 1. The van der Waals surface area contributed by atoms with Crippen molar-refractivity contribution in [2.75, 3.05) is 18.4 Å². The SMILES string of the molecule is O=C(O)c1cn(C2(C(F)F)CC2)c(=O)cc1NC1CCN(C2CC2)CC1. The maximum absolute atomic E-state index is 13.3. The van der Waals surface area contributed by atoms with Crippen LogP contribution >= 0.6 is 0 Å². The van der Waals surface area contributed by atoms with E-state index in [0.29, 0.717) is 6.04 Å². The monoisotopic (exact) mass is 367 g/mol. The van der Waals surface area contributed by atoms with Crippen LogP contribution in [0.15, 0.2) is 17.1 Å². The van der Waals surface area contributed by atoms with Crippen LogP contribution in [0.3, 0.4) is 0 Å². The summed E-state index contributed by atoms with van der Waals surface area (Å²) in [5, 5.41) is 12.7. The second-order valence-corrected chi connectivity index (χ2v) is 7.70. The van der Waals surface area contributed by atoms with Crippen molar-refractivity contribution in [2.45, 2.75) is 62.6 Å². The van der Waals surface area contributed by atoms with Crippen LogP contribution in [0.25, 0.3) is 0 Å². The maximum Gasteiger partial charge on any atom is 0.339 e. The number of carboxylic acid groups (broad SMARTS) is 1. The van der Waals surface area contributed by atoms with Crippen molar-refractivity contribution < 1.29 is 18.7 Å². The summed E-state index contributed by atoms with van der Waals surface area (Å²) < 4.78 is 27.6. The Bertz CT molecular complexity index is 763. The van der Waals surface area contributed by atoms with Gasteiger partial charge < -0.3 is 19.9 Å². The summed E-state index contributed by atoms with van der Waals surface area (Å²) in [6.07, 6.45) is 3.04. The maximum atomic E-state index is 13.3. The minimum atomic E-state index is -2.69. The summed E-state index contributed by atoms with van der Waals surface area (Å²) >= 11 is 0. The van der Waals surface area contributed by atoms with Gasteiger partial charge in [0.1, 0.15) is 5.54 Å². The highest BCUT2D eigenvalue weighted by molar-refractivity contribution is 5.93. The normalized spacial score (nSPS) is 23.2. The Labute approximate surface area is 149 Å². The van der Waals surface area contributed by atoms with E-state index in [-0.39, 0.29) is 30.1 Å². The topological polar surface area (TPSA) is 74.6 Å². The van der Waals surface area contributed by atoms with Crippen molar-refractivity contribution in [3.05, 3.63) is 28.2 Å². The van der Waals surface area contributed by atoms with Crippen molar-refractivity contribution >= 4 is 11.7 Å². The lowest BCUT2D eigenvalue weighted by molar-refractivity contribution is 0.0630. The Hall–Kier alpha value is -1.96. The molecule has 1 aliphatic heterocycles. The van der Waals surface area contributed by atoms with Gasteiger partial charge in [0.25, 0.3) is 12.0 Å². The lowest BCUT2D eigenvalue weighted by atomic mass is 10.0. The Morgan fingerprint density at radius 2 is 1.88 bits per heavy atom. The molecule has 0 bridgehead atoms. The molecule has 6 nitrogen and oxygen atoms in total. The number of nitrogens with zero attached hydrogens (tertiary/aromatic N) is 2. The lowest BCUT2D eigenvalue weighted by Crippen LogP contribution is -2.41. The minimum Gasteiger partial charge on any atom is -0.478 e. The van der Waals surface area contributed by atoms with Crippen molar-refractivity contribution in [1.82, 2.24) is 9.47 Å². The van der Waals surface area contributed by atoms with Gasteiger partial charge in [0.15, 0.2) is 0 Å². The first-order valence-electron chi connectivity index (χ1n) is 9.20. The number of anilines is 1. The van der Waals surface area contributed by atoms with E-state index in [0.717, 1.165) is 36.7 Å². The standard InChI is InChI=1S/C18H23F2N3O3/c19-17(20)18(5-6-18)23-10-13(16(25)26)14(9-15(23)24)21-11-3-7-22(8-4-11)12-1-2-12/h9-12,17,21H,1-8H2,(H,25,26). The molecule has 3 aliphatic rings. The number of alkyl halides is 2. The highest BCUT2D eigenvalue weighted by Gasteiger charge is 2.53. The van der Waals surface area contributed by atoms with Crippen LogP contribution in [0, 0.1) is 0 Å². The van der Waals surface area contributed by atoms with Crippen LogP contribution in [0.5, 0.6) is 0 Å². The minimum absolute atomic E-state index is 0.0864. The highest BCUT2D eigenvalue weighted by Crippen LogP contribution is 2.47. The fraction of sp³-hybridized carbons (Fsp3) is 0.667. The zero-order valence-corrected chi connectivity index (χ0v) is 14.5. The zero-order chi connectivity index (χ0) is 18.5. The fourth-order valence-electron chi connectivity index (χ4n) is 3.93. The number of hydrogen-bond donors (Lipinski definition) is 2. The number of hydrogen-bond acceptors (Lipinski definition) is 4. The Morgan fingerprint density at radius 1 is 1.23 bits per heavy atom. The largest absolute Gasteiger partial charge is 0.478 e. The highest BCUT2D eigenvalue weighted by atomic mass is 19.3. The first-order chi connectivity index (χ1) is 12.4. The number of halogens is 2. The molecule has 26 heavy (non-hydrogen) atoms. The molecular weight excluding hydrogens is 344 g/mol. The summed E-state index contributed by atoms with van der Waals surface area (Å²) in [6, 6.07) is 1.96. The first kappa shape index (κ1) is 17.5.